The Morgan fingerprint density at radius 2 is 1.97 bits per heavy atom. The number of hydrogen-bond donors (Lipinski definition) is 2. The molecule has 1 unspecified atom stereocenters. The van der Waals surface area contributed by atoms with Crippen LogP contribution in [0.2, 0.25) is 0 Å². The number of rotatable bonds is 9. The quantitative estimate of drug-likeness (QED) is 0.476. The third-order valence-electron chi connectivity index (χ3n) is 5.00. The summed E-state index contributed by atoms with van der Waals surface area (Å²) in [6, 6.07) is 13.5. The predicted octanol–water partition coefficient (Wildman–Crippen LogP) is 4.59. The summed E-state index contributed by atoms with van der Waals surface area (Å²) in [5.41, 5.74) is 3.06. The minimum Gasteiger partial charge on any atom is -0.493 e. The van der Waals surface area contributed by atoms with E-state index in [1.807, 2.05) is 67.8 Å². The first-order valence-electron chi connectivity index (χ1n) is 10.2. The number of carbonyl (C=O) groups excluding carboxylic acids is 1. The standard InChI is InChI=1S/C23H28N4O3S/c1-5-30-19-11-10-18(14-20(19)29-4)16(3)24-21(28)12-13-27-22(25-26-23(27)31)17-8-6-15(2)7-9-17/h6-11,14,16H,5,12-13H2,1-4H3,(H,24,28)(H,26,31). The Morgan fingerprint density at radius 1 is 1.23 bits per heavy atom. The number of methoxy groups -OCH3 is 1. The van der Waals surface area contributed by atoms with E-state index in [4.69, 9.17) is 21.7 Å². The number of nitrogens with zero attached hydrogens (tertiary/aromatic N) is 2. The summed E-state index contributed by atoms with van der Waals surface area (Å²) in [5, 5.41) is 10.2. The maximum Gasteiger partial charge on any atom is 0.222 e. The molecule has 0 saturated heterocycles. The lowest BCUT2D eigenvalue weighted by Gasteiger charge is -2.17. The third kappa shape index (κ3) is 5.52. The summed E-state index contributed by atoms with van der Waals surface area (Å²) < 4.78 is 13.3. The largest absolute Gasteiger partial charge is 0.493 e. The van der Waals surface area contributed by atoms with E-state index in [-0.39, 0.29) is 18.4 Å². The molecule has 7 nitrogen and oxygen atoms in total. The van der Waals surface area contributed by atoms with Gasteiger partial charge in [-0.05, 0) is 50.7 Å². The lowest BCUT2D eigenvalue weighted by atomic mass is 10.1. The van der Waals surface area contributed by atoms with Crippen LogP contribution in [0.3, 0.4) is 0 Å². The van der Waals surface area contributed by atoms with Crippen LogP contribution in [-0.2, 0) is 11.3 Å². The highest BCUT2D eigenvalue weighted by molar-refractivity contribution is 7.71. The Labute approximate surface area is 187 Å². The first kappa shape index (κ1) is 22.6. The van der Waals surface area contributed by atoms with Gasteiger partial charge in [0.15, 0.2) is 22.1 Å². The van der Waals surface area contributed by atoms with E-state index in [9.17, 15) is 4.79 Å². The van der Waals surface area contributed by atoms with Crippen LogP contribution in [0.5, 0.6) is 11.5 Å². The fourth-order valence-corrected chi connectivity index (χ4v) is 3.51. The van der Waals surface area contributed by atoms with Gasteiger partial charge in [0.05, 0.1) is 19.8 Å². The summed E-state index contributed by atoms with van der Waals surface area (Å²) in [6.07, 6.45) is 0.283. The SMILES string of the molecule is CCOc1ccc(C(C)NC(=O)CCn2c(-c3ccc(C)cc3)n[nH]c2=S)cc1OC. The van der Waals surface area contributed by atoms with Crippen molar-refractivity contribution in [1.29, 1.82) is 0 Å². The average molecular weight is 441 g/mol. The van der Waals surface area contributed by atoms with Gasteiger partial charge in [-0.25, -0.2) is 0 Å². The van der Waals surface area contributed by atoms with E-state index in [0.29, 0.717) is 29.4 Å². The molecule has 2 N–H and O–H groups in total. The number of nitrogens with one attached hydrogen (secondary N) is 2. The summed E-state index contributed by atoms with van der Waals surface area (Å²) in [5.74, 6) is 1.98. The van der Waals surface area contributed by atoms with Gasteiger partial charge in [0.25, 0.3) is 0 Å². The molecule has 3 aromatic rings. The van der Waals surface area contributed by atoms with Crippen LogP contribution in [0.15, 0.2) is 42.5 Å². The fraction of sp³-hybridized carbons (Fsp3) is 0.348. The van der Waals surface area contributed by atoms with Gasteiger partial charge < -0.3 is 14.8 Å². The van der Waals surface area contributed by atoms with E-state index in [1.54, 1.807) is 7.11 Å². The predicted molar refractivity (Wildman–Crippen MR) is 123 cm³/mol. The van der Waals surface area contributed by atoms with E-state index in [2.05, 4.69) is 15.5 Å². The number of aromatic nitrogens is 3. The molecule has 0 fully saturated rings. The molecular weight excluding hydrogens is 412 g/mol. The monoisotopic (exact) mass is 440 g/mol. The van der Waals surface area contributed by atoms with Crippen molar-refractivity contribution in [3.05, 3.63) is 58.4 Å². The number of ether oxygens (including phenoxy) is 2. The second kappa shape index (κ2) is 10.3. The number of carbonyl (C=O) groups is 1. The van der Waals surface area contributed by atoms with E-state index < -0.39 is 0 Å². The molecule has 0 spiro atoms. The summed E-state index contributed by atoms with van der Waals surface area (Å²) in [4.78, 5) is 12.6. The van der Waals surface area contributed by atoms with Gasteiger partial charge in [0, 0.05) is 18.5 Å². The third-order valence-corrected chi connectivity index (χ3v) is 5.31. The van der Waals surface area contributed by atoms with E-state index in [0.717, 1.165) is 17.0 Å². The van der Waals surface area contributed by atoms with Gasteiger partial charge >= 0.3 is 0 Å². The van der Waals surface area contributed by atoms with Crippen molar-refractivity contribution in [1.82, 2.24) is 20.1 Å². The van der Waals surface area contributed by atoms with Crippen LogP contribution in [0.25, 0.3) is 11.4 Å². The van der Waals surface area contributed by atoms with Gasteiger partial charge in [-0.3, -0.25) is 14.5 Å². The van der Waals surface area contributed by atoms with Crippen molar-refractivity contribution >= 4 is 18.1 Å². The molecule has 31 heavy (non-hydrogen) atoms. The molecule has 0 saturated carbocycles. The van der Waals surface area contributed by atoms with Crippen LogP contribution < -0.4 is 14.8 Å². The lowest BCUT2D eigenvalue weighted by molar-refractivity contribution is -0.121. The Kier molecular flexibility index (Phi) is 7.46. The zero-order chi connectivity index (χ0) is 22.4. The van der Waals surface area contributed by atoms with Crippen molar-refractivity contribution < 1.29 is 14.3 Å². The second-order valence-corrected chi connectivity index (χ2v) is 7.64. The van der Waals surface area contributed by atoms with Crippen molar-refractivity contribution in [2.75, 3.05) is 13.7 Å². The molecule has 1 aromatic heterocycles. The number of H-pyrrole nitrogens is 1. The molecule has 0 aliphatic rings. The second-order valence-electron chi connectivity index (χ2n) is 7.25. The van der Waals surface area contributed by atoms with Gasteiger partial charge in [-0.15, -0.1) is 0 Å². The summed E-state index contributed by atoms with van der Waals surface area (Å²) >= 11 is 5.36. The fourth-order valence-electron chi connectivity index (χ4n) is 3.29. The first-order valence-corrected chi connectivity index (χ1v) is 10.7. The van der Waals surface area contributed by atoms with Crippen LogP contribution in [0, 0.1) is 11.7 Å². The highest BCUT2D eigenvalue weighted by Gasteiger charge is 2.15. The number of hydrogen-bond acceptors (Lipinski definition) is 5. The molecule has 8 heteroatoms. The molecule has 0 aliphatic carbocycles. The topological polar surface area (TPSA) is 81.2 Å². The van der Waals surface area contributed by atoms with Gasteiger partial charge in [-0.1, -0.05) is 35.9 Å². The molecule has 3 rings (SSSR count). The van der Waals surface area contributed by atoms with Crippen LogP contribution in [0.1, 0.15) is 37.4 Å². The van der Waals surface area contributed by atoms with Gasteiger partial charge in [0.2, 0.25) is 5.91 Å². The highest BCUT2D eigenvalue weighted by atomic mass is 32.1. The molecule has 2 aromatic carbocycles. The number of aromatic amines is 1. The first-order chi connectivity index (χ1) is 14.9. The maximum atomic E-state index is 12.6. The minimum absolute atomic E-state index is 0.0710. The molecule has 0 radical (unpaired) electrons. The molecule has 0 bridgehead atoms. The maximum absolute atomic E-state index is 12.6. The Morgan fingerprint density at radius 3 is 2.65 bits per heavy atom. The van der Waals surface area contributed by atoms with E-state index >= 15 is 0 Å². The zero-order valence-electron chi connectivity index (χ0n) is 18.3. The van der Waals surface area contributed by atoms with Crippen LogP contribution in [0.4, 0.5) is 0 Å². The van der Waals surface area contributed by atoms with Crippen LogP contribution >= 0.6 is 12.2 Å². The Bertz CT molecular complexity index is 1090. The highest BCUT2D eigenvalue weighted by Crippen LogP contribution is 2.30. The Hall–Kier alpha value is -3.13. The number of benzene rings is 2. The van der Waals surface area contributed by atoms with Gasteiger partial charge in [0.1, 0.15) is 0 Å². The van der Waals surface area contributed by atoms with Crippen LogP contribution in [-0.4, -0.2) is 34.4 Å². The summed E-state index contributed by atoms with van der Waals surface area (Å²) in [7, 11) is 1.60. The molecular formula is C23H28N4O3S. The molecule has 1 heterocycles. The van der Waals surface area contributed by atoms with Gasteiger partial charge in [-0.2, -0.15) is 5.10 Å². The zero-order valence-corrected chi connectivity index (χ0v) is 19.1. The smallest absolute Gasteiger partial charge is 0.222 e. The minimum atomic E-state index is -0.175. The normalized spacial score (nSPS) is 11.7. The lowest BCUT2D eigenvalue weighted by Crippen LogP contribution is -2.27. The summed E-state index contributed by atoms with van der Waals surface area (Å²) in [6.45, 7) is 6.89. The van der Waals surface area contributed by atoms with Crippen molar-refractivity contribution in [2.24, 2.45) is 0 Å². The van der Waals surface area contributed by atoms with Crippen molar-refractivity contribution in [3.63, 3.8) is 0 Å². The number of aryl methyl sites for hydroxylation is 1. The van der Waals surface area contributed by atoms with Crippen molar-refractivity contribution in [2.45, 2.75) is 39.8 Å². The average Bonchev–Trinajstić information content (AvgIpc) is 3.13. The number of amides is 1. The molecule has 0 aliphatic heterocycles. The van der Waals surface area contributed by atoms with E-state index in [1.165, 1.54) is 5.56 Å². The molecule has 164 valence electrons. The Balaban J connectivity index is 1.65. The molecule has 1 amide bonds. The molecule has 1 atom stereocenters. The van der Waals surface area contributed by atoms with Crippen molar-refractivity contribution in [3.8, 4) is 22.9 Å².